The topological polar surface area (TPSA) is 39.7 Å². The summed E-state index contributed by atoms with van der Waals surface area (Å²) in [5, 5.41) is 3.99. The van der Waals surface area contributed by atoms with Crippen LogP contribution in [0.4, 0.5) is 0 Å². The van der Waals surface area contributed by atoms with Gasteiger partial charge in [-0.15, -0.1) is 12.4 Å². The Bertz CT molecular complexity index is 389. The number of rotatable bonds is 9. The van der Waals surface area contributed by atoms with E-state index in [1.807, 2.05) is 13.0 Å². The maximum atomic E-state index is 6.08. The molecule has 4 nitrogen and oxygen atoms in total. The number of methoxy groups -OCH3 is 2. The zero-order valence-electron chi connectivity index (χ0n) is 12.2. The highest BCUT2D eigenvalue weighted by Crippen LogP contribution is 2.34. The Morgan fingerprint density at radius 2 is 2.00 bits per heavy atom. The summed E-state index contributed by atoms with van der Waals surface area (Å²) in [4.78, 5) is 0. The van der Waals surface area contributed by atoms with Crippen LogP contribution in [0.5, 0.6) is 11.5 Å². The van der Waals surface area contributed by atoms with Crippen molar-refractivity contribution in [3.05, 3.63) is 22.7 Å². The molecular formula is C14H23Cl2NO3. The fraction of sp³-hybridized carbons (Fsp3) is 0.571. The molecule has 0 saturated heterocycles. The van der Waals surface area contributed by atoms with Crippen LogP contribution in [0.25, 0.3) is 0 Å². The summed E-state index contributed by atoms with van der Waals surface area (Å²) >= 11 is 6.08. The highest BCUT2D eigenvalue weighted by Gasteiger charge is 2.12. The van der Waals surface area contributed by atoms with Crippen LogP contribution in [0, 0.1) is 0 Å². The standard InChI is InChI=1S/C14H22ClNO3.ClH/c1-4-19-14-11(10-16-6-5-7-17-2)8-12(15)9-13(14)18-3;/h8-9,16H,4-7,10H2,1-3H3;1H. The van der Waals surface area contributed by atoms with Crippen LogP contribution in [0.15, 0.2) is 12.1 Å². The molecule has 1 aromatic rings. The van der Waals surface area contributed by atoms with E-state index in [0.29, 0.717) is 23.9 Å². The molecule has 1 rings (SSSR count). The van der Waals surface area contributed by atoms with Crippen LogP contribution in [-0.4, -0.2) is 34.0 Å². The van der Waals surface area contributed by atoms with E-state index in [1.165, 1.54) is 0 Å². The van der Waals surface area contributed by atoms with E-state index >= 15 is 0 Å². The van der Waals surface area contributed by atoms with E-state index in [-0.39, 0.29) is 12.4 Å². The quantitative estimate of drug-likeness (QED) is 0.708. The Morgan fingerprint density at radius 3 is 2.60 bits per heavy atom. The van der Waals surface area contributed by atoms with Gasteiger partial charge in [0.25, 0.3) is 0 Å². The number of benzene rings is 1. The van der Waals surface area contributed by atoms with Gasteiger partial charge in [0, 0.05) is 36.9 Å². The molecular weight excluding hydrogens is 301 g/mol. The fourth-order valence-electron chi connectivity index (χ4n) is 1.78. The predicted molar refractivity (Wildman–Crippen MR) is 84.6 cm³/mol. The van der Waals surface area contributed by atoms with Gasteiger partial charge in [-0.1, -0.05) is 11.6 Å². The van der Waals surface area contributed by atoms with Crippen molar-refractivity contribution in [1.29, 1.82) is 0 Å². The summed E-state index contributed by atoms with van der Waals surface area (Å²) in [6.07, 6.45) is 0.970. The first kappa shape index (κ1) is 19.3. The molecule has 0 saturated carbocycles. The zero-order chi connectivity index (χ0) is 14.1. The summed E-state index contributed by atoms with van der Waals surface area (Å²) in [5.41, 5.74) is 1.00. The average Bonchev–Trinajstić information content (AvgIpc) is 2.41. The first-order valence-corrected chi connectivity index (χ1v) is 6.79. The Morgan fingerprint density at radius 1 is 1.25 bits per heavy atom. The van der Waals surface area contributed by atoms with Crippen LogP contribution in [0.3, 0.4) is 0 Å². The van der Waals surface area contributed by atoms with Crippen molar-refractivity contribution in [3.63, 3.8) is 0 Å². The lowest BCUT2D eigenvalue weighted by Gasteiger charge is -2.15. The number of halogens is 2. The maximum Gasteiger partial charge on any atom is 0.165 e. The molecule has 1 aromatic carbocycles. The lowest BCUT2D eigenvalue weighted by Crippen LogP contribution is -2.17. The van der Waals surface area contributed by atoms with Gasteiger partial charge in [0.2, 0.25) is 0 Å². The monoisotopic (exact) mass is 323 g/mol. The second kappa shape index (κ2) is 11.0. The fourth-order valence-corrected chi connectivity index (χ4v) is 2.01. The minimum Gasteiger partial charge on any atom is -0.493 e. The Balaban J connectivity index is 0.00000361. The third-order valence-corrected chi connectivity index (χ3v) is 2.84. The van der Waals surface area contributed by atoms with E-state index in [2.05, 4.69) is 5.32 Å². The van der Waals surface area contributed by atoms with Gasteiger partial charge in [0.05, 0.1) is 13.7 Å². The molecule has 1 N–H and O–H groups in total. The van der Waals surface area contributed by atoms with E-state index in [4.69, 9.17) is 25.8 Å². The Hall–Kier alpha value is -0.680. The largest absolute Gasteiger partial charge is 0.493 e. The van der Waals surface area contributed by atoms with Crippen molar-refractivity contribution in [2.24, 2.45) is 0 Å². The SMILES string of the molecule is CCOc1c(CNCCCOC)cc(Cl)cc1OC.Cl. The lowest BCUT2D eigenvalue weighted by molar-refractivity contribution is 0.194. The van der Waals surface area contributed by atoms with Crippen LogP contribution in [0.1, 0.15) is 18.9 Å². The van der Waals surface area contributed by atoms with Gasteiger partial charge in [-0.2, -0.15) is 0 Å². The molecule has 0 radical (unpaired) electrons. The Labute approximate surface area is 132 Å². The van der Waals surface area contributed by atoms with E-state index in [1.54, 1.807) is 20.3 Å². The first-order chi connectivity index (χ1) is 9.22. The van der Waals surface area contributed by atoms with Crippen molar-refractivity contribution in [2.45, 2.75) is 19.9 Å². The lowest BCUT2D eigenvalue weighted by atomic mass is 10.1. The molecule has 20 heavy (non-hydrogen) atoms. The average molecular weight is 324 g/mol. The molecule has 0 aliphatic heterocycles. The normalized spacial score (nSPS) is 10.0. The highest BCUT2D eigenvalue weighted by atomic mass is 35.5. The van der Waals surface area contributed by atoms with Gasteiger partial charge in [-0.25, -0.2) is 0 Å². The molecule has 0 aliphatic rings. The van der Waals surface area contributed by atoms with Crippen molar-refractivity contribution < 1.29 is 14.2 Å². The minimum absolute atomic E-state index is 0. The van der Waals surface area contributed by atoms with Crippen molar-refractivity contribution in [2.75, 3.05) is 34.0 Å². The van der Waals surface area contributed by atoms with Crippen LogP contribution in [-0.2, 0) is 11.3 Å². The first-order valence-electron chi connectivity index (χ1n) is 6.41. The van der Waals surface area contributed by atoms with Gasteiger partial charge >= 0.3 is 0 Å². The summed E-state index contributed by atoms with van der Waals surface area (Å²) in [6.45, 7) is 4.87. The van der Waals surface area contributed by atoms with Gasteiger partial charge in [-0.05, 0) is 26.0 Å². The van der Waals surface area contributed by atoms with Gasteiger partial charge in [0.1, 0.15) is 0 Å². The second-order valence-electron chi connectivity index (χ2n) is 4.05. The third-order valence-electron chi connectivity index (χ3n) is 2.62. The van der Waals surface area contributed by atoms with Crippen molar-refractivity contribution in [1.82, 2.24) is 5.32 Å². The molecule has 0 amide bonds. The van der Waals surface area contributed by atoms with E-state index in [0.717, 1.165) is 30.9 Å². The third kappa shape index (κ3) is 6.18. The molecule has 0 atom stereocenters. The Kier molecular flexibility index (Phi) is 10.7. The minimum atomic E-state index is 0. The molecule has 0 unspecified atom stereocenters. The number of nitrogens with one attached hydrogen (secondary N) is 1. The molecule has 6 heteroatoms. The summed E-state index contributed by atoms with van der Waals surface area (Å²) in [5.74, 6) is 1.43. The molecule has 0 heterocycles. The smallest absolute Gasteiger partial charge is 0.165 e. The molecule has 0 aromatic heterocycles. The number of hydrogen-bond acceptors (Lipinski definition) is 4. The highest BCUT2D eigenvalue weighted by molar-refractivity contribution is 6.30. The number of ether oxygens (including phenoxy) is 3. The predicted octanol–water partition coefficient (Wildman–Crippen LogP) is 3.30. The maximum absolute atomic E-state index is 6.08. The number of hydrogen-bond donors (Lipinski definition) is 1. The summed E-state index contributed by atoms with van der Waals surface area (Å²) < 4.78 is 16.0. The molecule has 0 bridgehead atoms. The van der Waals surface area contributed by atoms with Crippen LogP contribution in [0.2, 0.25) is 5.02 Å². The zero-order valence-corrected chi connectivity index (χ0v) is 13.8. The molecule has 0 aliphatic carbocycles. The van der Waals surface area contributed by atoms with Crippen LogP contribution >= 0.6 is 24.0 Å². The van der Waals surface area contributed by atoms with Crippen molar-refractivity contribution in [3.8, 4) is 11.5 Å². The van der Waals surface area contributed by atoms with Gasteiger partial charge < -0.3 is 19.5 Å². The summed E-state index contributed by atoms with van der Waals surface area (Å²) in [6, 6.07) is 3.67. The molecule has 0 spiro atoms. The summed E-state index contributed by atoms with van der Waals surface area (Å²) in [7, 11) is 3.32. The second-order valence-corrected chi connectivity index (χ2v) is 4.49. The van der Waals surface area contributed by atoms with Gasteiger partial charge in [0.15, 0.2) is 11.5 Å². The van der Waals surface area contributed by atoms with Gasteiger partial charge in [-0.3, -0.25) is 0 Å². The van der Waals surface area contributed by atoms with E-state index in [9.17, 15) is 0 Å². The van der Waals surface area contributed by atoms with Crippen LogP contribution < -0.4 is 14.8 Å². The molecule has 0 fully saturated rings. The molecule has 116 valence electrons. The van der Waals surface area contributed by atoms with Crippen molar-refractivity contribution >= 4 is 24.0 Å². The van der Waals surface area contributed by atoms with E-state index < -0.39 is 0 Å².